The fourth-order valence-electron chi connectivity index (χ4n) is 2.47. The lowest BCUT2D eigenvalue weighted by Gasteiger charge is -2.10. The molecule has 1 heterocycles. The van der Waals surface area contributed by atoms with Crippen molar-refractivity contribution in [1.82, 2.24) is 15.2 Å². The second kappa shape index (κ2) is 8.53. The Morgan fingerprint density at radius 1 is 1.32 bits per heavy atom. The first kappa shape index (κ1) is 19.4. The quantitative estimate of drug-likeness (QED) is 0.354. The highest BCUT2D eigenvalue weighted by Gasteiger charge is 2.18. The van der Waals surface area contributed by atoms with Crippen LogP contribution in [0.4, 0.5) is 11.4 Å². The van der Waals surface area contributed by atoms with Gasteiger partial charge in [-0.05, 0) is 12.5 Å². The average Bonchev–Trinajstić information content (AvgIpc) is 3.17. The smallest absolute Gasteiger partial charge is 0.311 e. The van der Waals surface area contributed by atoms with E-state index in [2.05, 4.69) is 20.5 Å². The maximum Gasteiger partial charge on any atom is 0.311 e. The van der Waals surface area contributed by atoms with Crippen molar-refractivity contribution in [1.29, 1.82) is 0 Å². The van der Waals surface area contributed by atoms with Gasteiger partial charge in [-0.3, -0.25) is 20.0 Å². The SMILES string of the molecule is COc1cc(NC(=O)CSc2n[nH]c(-c3ccccc3)n2)c(C)cc1[N+](=O)[O-]. The lowest BCUT2D eigenvalue weighted by atomic mass is 10.1. The number of hydrogen-bond donors (Lipinski definition) is 2. The predicted octanol–water partition coefficient (Wildman–Crippen LogP) is 3.43. The molecule has 0 atom stereocenters. The zero-order valence-corrected chi connectivity index (χ0v) is 15.9. The standard InChI is InChI=1S/C18H17N5O4S/c1-11-8-14(23(25)26)15(27-2)9-13(11)19-16(24)10-28-18-20-17(21-22-18)12-6-4-3-5-7-12/h3-9H,10H2,1-2H3,(H,19,24)(H,20,21,22). The average molecular weight is 399 g/mol. The Kier molecular flexibility index (Phi) is 5.90. The van der Waals surface area contributed by atoms with E-state index >= 15 is 0 Å². The van der Waals surface area contributed by atoms with Gasteiger partial charge in [0.1, 0.15) is 0 Å². The van der Waals surface area contributed by atoms with E-state index in [4.69, 9.17) is 4.74 Å². The fourth-order valence-corrected chi connectivity index (χ4v) is 3.06. The monoisotopic (exact) mass is 399 g/mol. The van der Waals surface area contributed by atoms with Crippen molar-refractivity contribution in [3.05, 3.63) is 58.1 Å². The first-order chi connectivity index (χ1) is 13.5. The van der Waals surface area contributed by atoms with Gasteiger partial charge in [-0.2, -0.15) is 0 Å². The Hall–Kier alpha value is -3.40. The molecule has 28 heavy (non-hydrogen) atoms. The number of nitro groups is 1. The molecule has 0 saturated heterocycles. The molecular formula is C18H17N5O4S. The van der Waals surface area contributed by atoms with Crippen LogP contribution in [0.3, 0.4) is 0 Å². The summed E-state index contributed by atoms with van der Waals surface area (Å²) in [5, 5.41) is 21.2. The van der Waals surface area contributed by atoms with Crippen LogP contribution >= 0.6 is 11.8 Å². The summed E-state index contributed by atoms with van der Waals surface area (Å²) in [5.74, 6) is 0.514. The molecular weight excluding hydrogens is 382 g/mol. The van der Waals surface area contributed by atoms with Crippen LogP contribution in [0, 0.1) is 17.0 Å². The topological polar surface area (TPSA) is 123 Å². The summed E-state index contributed by atoms with van der Waals surface area (Å²) in [6.07, 6.45) is 0. The molecule has 0 radical (unpaired) electrons. The summed E-state index contributed by atoms with van der Waals surface area (Å²) in [5.41, 5.74) is 1.77. The number of nitrogens with zero attached hydrogens (tertiary/aromatic N) is 3. The predicted molar refractivity (Wildman–Crippen MR) is 106 cm³/mol. The first-order valence-corrected chi connectivity index (χ1v) is 9.20. The van der Waals surface area contributed by atoms with E-state index in [9.17, 15) is 14.9 Å². The molecule has 10 heteroatoms. The number of benzene rings is 2. The second-order valence-corrected chi connectivity index (χ2v) is 6.71. The van der Waals surface area contributed by atoms with Crippen molar-refractivity contribution >= 4 is 29.0 Å². The minimum atomic E-state index is -0.527. The number of aromatic amines is 1. The molecule has 1 amide bonds. The normalized spacial score (nSPS) is 10.5. The van der Waals surface area contributed by atoms with Crippen LogP contribution < -0.4 is 10.1 Å². The van der Waals surface area contributed by atoms with Crippen LogP contribution in [0.15, 0.2) is 47.6 Å². The summed E-state index contributed by atoms with van der Waals surface area (Å²) in [6.45, 7) is 1.68. The molecule has 144 valence electrons. The molecule has 3 rings (SSSR count). The Balaban J connectivity index is 1.64. The van der Waals surface area contributed by atoms with Gasteiger partial charge in [0.05, 0.1) is 17.8 Å². The van der Waals surface area contributed by atoms with E-state index in [0.717, 1.165) is 5.56 Å². The van der Waals surface area contributed by atoms with E-state index < -0.39 is 4.92 Å². The third-order valence-corrected chi connectivity index (χ3v) is 4.69. The van der Waals surface area contributed by atoms with E-state index in [-0.39, 0.29) is 23.1 Å². The number of ether oxygens (including phenoxy) is 1. The van der Waals surface area contributed by atoms with Crippen molar-refractivity contribution in [3.8, 4) is 17.1 Å². The van der Waals surface area contributed by atoms with Gasteiger partial charge in [0, 0.05) is 23.4 Å². The number of hydrogen-bond acceptors (Lipinski definition) is 7. The third kappa shape index (κ3) is 4.46. The summed E-state index contributed by atoms with van der Waals surface area (Å²) in [7, 11) is 1.34. The zero-order chi connectivity index (χ0) is 20.1. The number of methoxy groups -OCH3 is 1. The number of nitrogens with one attached hydrogen (secondary N) is 2. The molecule has 0 unspecified atom stereocenters. The maximum absolute atomic E-state index is 12.3. The largest absolute Gasteiger partial charge is 0.490 e. The van der Waals surface area contributed by atoms with Gasteiger partial charge in [0.2, 0.25) is 11.1 Å². The lowest BCUT2D eigenvalue weighted by Crippen LogP contribution is -2.15. The van der Waals surface area contributed by atoms with Crippen LogP contribution in [0.2, 0.25) is 0 Å². The Morgan fingerprint density at radius 3 is 2.75 bits per heavy atom. The first-order valence-electron chi connectivity index (χ1n) is 8.21. The Bertz CT molecular complexity index is 1010. The molecule has 0 fully saturated rings. The number of H-pyrrole nitrogens is 1. The number of amides is 1. The molecule has 2 aromatic carbocycles. The van der Waals surface area contributed by atoms with Gasteiger partial charge in [-0.15, -0.1) is 5.10 Å². The number of anilines is 1. The van der Waals surface area contributed by atoms with Crippen molar-refractivity contribution in [2.75, 3.05) is 18.2 Å². The number of thioether (sulfide) groups is 1. The van der Waals surface area contributed by atoms with Gasteiger partial charge in [-0.1, -0.05) is 42.1 Å². The van der Waals surface area contributed by atoms with E-state index in [1.54, 1.807) is 6.92 Å². The second-order valence-electron chi connectivity index (χ2n) is 5.77. The maximum atomic E-state index is 12.3. The number of nitro benzene ring substituents is 1. The van der Waals surface area contributed by atoms with Crippen LogP contribution in [0.5, 0.6) is 5.75 Å². The molecule has 2 N–H and O–H groups in total. The molecule has 0 spiro atoms. The number of carbonyl (C=O) groups is 1. The molecule has 0 bridgehead atoms. The zero-order valence-electron chi connectivity index (χ0n) is 15.1. The summed E-state index contributed by atoms with van der Waals surface area (Å²) < 4.78 is 5.04. The molecule has 1 aromatic heterocycles. The summed E-state index contributed by atoms with van der Waals surface area (Å²) in [4.78, 5) is 27.1. The van der Waals surface area contributed by atoms with Gasteiger partial charge in [0.15, 0.2) is 11.6 Å². The molecule has 9 nitrogen and oxygen atoms in total. The van der Waals surface area contributed by atoms with E-state index in [1.807, 2.05) is 30.3 Å². The van der Waals surface area contributed by atoms with Crippen LogP contribution in [0.25, 0.3) is 11.4 Å². The van der Waals surface area contributed by atoms with Gasteiger partial charge in [0.25, 0.3) is 0 Å². The number of carbonyl (C=O) groups excluding carboxylic acids is 1. The summed E-state index contributed by atoms with van der Waals surface area (Å²) in [6, 6.07) is 12.3. The number of aryl methyl sites for hydroxylation is 1. The van der Waals surface area contributed by atoms with Gasteiger partial charge in [-0.25, -0.2) is 4.98 Å². The van der Waals surface area contributed by atoms with Crippen LogP contribution in [-0.2, 0) is 4.79 Å². The van der Waals surface area contributed by atoms with E-state index in [0.29, 0.717) is 22.2 Å². The van der Waals surface area contributed by atoms with Crippen LogP contribution in [-0.4, -0.2) is 38.9 Å². The highest BCUT2D eigenvalue weighted by atomic mass is 32.2. The molecule has 0 aliphatic heterocycles. The number of aromatic nitrogens is 3. The van der Waals surface area contributed by atoms with Crippen molar-refractivity contribution < 1.29 is 14.5 Å². The van der Waals surface area contributed by atoms with Gasteiger partial charge >= 0.3 is 5.69 Å². The van der Waals surface area contributed by atoms with Crippen molar-refractivity contribution in [2.45, 2.75) is 12.1 Å². The van der Waals surface area contributed by atoms with Crippen molar-refractivity contribution in [3.63, 3.8) is 0 Å². The highest BCUT2D eigenvalue weighted by molar-refractivity contribution is 7.99. The minimum absolute atomic E-state index is 0.0834. The highest BCUT2D eigenvalue weighted by Crippen LogP contribution is 2.32. The number of rotatable bonds is 7. The summed E-state index contributed by atoms with van der Waals surface area (Å²) >= 11 is 1.18. The molecule has 0 aliphatic rings. The Labute approximate surface area is 164 Å². The van der Waals surface area contributed by atoms with Crippen LogP contribution in [0.1, 0.15) is 5.56 Å². The minimum Gasteiger partial charge on any atom is -0.490 e. The molecule has 3 aromatic rings. The Morgan fingerprint density at radius 2 is 2.07 bits per heavy atom. The van der Waals surface area contributed by atoms with Crippen molar-refractivity contribution in [2.24, 2.45) is 0 Å². The van der Waals surface area contributed by atoms with Gasteiger partial charge < -0.3 is 10.1 Å². The lowest BCUT2D eigenvalue weighted by molar-refractivity contribution is -0.385. The molecule has 0 saturated carbocycles. The third-order valence-electron chi connectivity index (χ3n) is 3.84. The molecule has 0 aliphatic carbocycles. The fraction of sp³-hybridized carbons (Fsp3) is 0.167. The van der Waals surface area contributed by atoms with E-state index in [1.165, 1.54) is 31.0 Å².